The Bertz CT molecular complexity index is 1090. The largest absolute Gasteiger partial charge is 0.326 e. The minimum Gasteiger partial charge on any atom is -0.326 e. The number of hydrazone groups is 1. The maximum absolute atomic E-state index is 12.3. The molecule has 0 aliphatic carbocycles. The van der Waals surface area contributed by atoms with Crippen molar-refractivity contribution >= 4 is 62.1 Å². The molecule has 30 heavy (non-hydrogen) atoms. The summed E-state index contributed by atoms with van der Waals surface area (Å²) in [6.45, 7) is 2.56. The van der Waals surface area contributed by atoms with E-state index >= 15 is 0 Å². The van der Waals surface area contributed by atoms with Crippen LogP contribution in [0.2, 0.25) is 10.0 Å². The van der Waals surface area contributed by atoms with Gasteiger partial charge in [0.05, 0.1) is 27.7 Å². The third-order valence-electron chi connectivity index (χ3n) is 3.86. The molecule has 0 radical (unpaired) electrons. The molecule has 0 saturated carbocycles. The number of hydrogen-bond donors (Lipinski definition) is 2. The first-order valence-corrected chi connectivity index (χ1v) is 11.2. The smallest absolute Gasteiger partial charge is 0.260 e. The van der Waals surface area contributed by atoms with Crippen LogP contribution in [0.5, 0.6) is 0 Å². The Morgan fingerprint density at radius 1 is 1.07 bits per heavy atom. The molecular formula is C19H20Cl2N4O4S. The number of rotatable bonds is 7. The number of hydrogen-bond acceptors (Lipinski definition) is 5. The molecule has 2 aromatic carbocycles. The summed E-state index contributed by atoms with van der Waals surface area (Å²) in [4.78, 5) is 23.4. The molecule has 0 aliphatic heterocycles. The average Bonchev–Trinajstić information content (AvgIpc) is 2.66. The standard InChI is InChI=1S/C19H20Cl2N4O4S/c1-12(14-7-9-15(10-8-14)22-13(2)26)23-24-18(27)11-25(30(3,28)29)17-6-4-5-16(20)19(17)21/h4-10H,11H2,1-3H3,(H,22,26)(H,24,27)/b23-12-. The lowest BCUT2D eigenvalue weighted by atomic mass is 10.1. The van der Waals surface area contributed by atoms with E-state index in [2.05, 4.69) is 15.8 Å². The molecule has 8 nitrogen and oxygen atoms in total. The third-order valence-corrected chi connectivity index (χ3v) is 5.79. The minimum atomic E-state index is -3.81. The lowest BCUT2D eigenvalue weighted by molar-refractivity contribution is -0.119. The van der Waals surface area contributed by atoms with Crippen molar-refractivity contribution in [1.82, 2.24) is 5.43 Å². The van der Waals surface area contributed by atoms with Crippen LogP contribution in [-0.4, -0.2) is 38.7 Å². The first-order chi connectivity index (χ1) is 14.0. The van der Waals surface area contributed by atoms with Gasteiger partial charge in [0.25, 0.3) is 5.91 Å². The molecule has 0 heterocycles. The molecule has 2 amide bonds. The monoisotopic (exact) mass is 470 g/mol. The Labute approximate surface area is 184 Å². The minimum absolute atomic E-state index is 0.0244. The molecule has 0 unspecified atom stereocenters. The van der Waals surface area contributed by atoms with Gasteiger partial charge in [0.2, 0.25) is 15.9 Å². The molecule has 160 valence electrons. The fourth-order valence-electron chi connectivity index (χ4n) is 2.44. The fourth-order valence-corrected chi connectivity index (χ4v) is 3.75. The summed E-state index contributed by atoms with van der Waals surface area (Å²) < 4.78 is 25.2. The maximum atomic E-state index is 12.3. The van der Waals surface area contributed by atoms with Gasteiger partial charge in [-0.15, -0.1) is 0 Å². The van der Waals surface area contributed by atoms with E-state index in [1.165, 1.54) is 25.1 Å². The molecule has 11 heteroatoms. The molecule has 0 fully saturated rings. The van der Waals surface area contributed by atoms with E-state index in [4.69, 9.17) is 23.2 Å². The van der Waals surface area contributed by atoms with E-state index < -0.39 is 22.5 Å². The van der Waals surface area contributed by atoms with Crippen molar-refractivity contribution in [2.45, 2.75) is 13.8 Å². The van der Waals surface area contributed by atoms with E-state index in [-0.39, 0.29) is 21.6 Å². The Hall–Kier alpha value is -2.62. The highest BCUT2D eigenvalue weighted by molar-refractivity contribution is 7.92. The van der Waals surface area contributed by atoms with Crippen molar-refractivity contribution in [3.05, 3.63) is 58.1 Å². The number of amides is 2. The van der Waals surface area contributed by atoms with Gasteiger partial charge in [-0.3, -0.25) is 13.9 Å². The van der Waals surface area contributed by atoms with Gasteiger partial charge in [-0.25, -0.2) is 13.8 Å². The van der Waals surface area contributed by atoms with E-state index in [9.17, 15) is 18.0 Å². The summed E-state index contributed by atoms with van der Waals surface area (Å²) >= 11 is 12.1. The van der Waals surface area contributed by atoms with Gasteiger partial charge in [0.1, 0.15) is 6.54 Å². The highest BCUT2D eigenvalue weighted by atomic mass is 35.5. The van der Waals surface area contributed by atoms with Crippen LogP contribution in [0.1, 0.15) is 19.4 Å². The van der Waals surface area contributed by atoms with Gasteiger partial charge in [-0.2, -0.15) is 5.10 Å². The normalized spacial score (nSPS) is 11.7. The van der Waals surface area contributed by atoms with Crippen molar-refractivity contribution in [2.75, 3.05) is 22.4 Å². The van der Waals surface area contributed by atoms with Gasteiger partial charge in [0.15, 0.2) is 0 Å². The summed E-state index contributed by atoms with van der Waals surface area (Å²) in [6.07, 6.45) is 0.961. The van der Waals surface area contributed by atoms with Crippen LogP contribution >= 0.6 is 23.2 Å². The number of nitrogens with zero attached hydrogens (tertiary/aromatic N) is 2. The van der Waals surface area contributed by atoms with Crippen LogP contribution < -0.4 is 15.0 Å². The summed E-state index contributed by atoms with van der Waals surface area (Å²) in [5.41, 5.74) is 4.26. The summed E-state index contributed by atoms with van der Waals surface area (Å²) in [7, 11) is -3.81. The maximum Gasteiger partial charge on any atom is 0.260 e. The second-order valence-corrected chi connectivity index (χ2v) is 9.03. The van der Waals surface area contributed by atoms with Crippen molar-refractivity contribution in [3.8, 4) is 0 Å². The Morgan fingerprint density at radius 3 is 2.27 bits per heavy atom. The average molecular weight is 471 g/mol. The van der Waals surface area contributed by atoms with Crippen LogP contribution in [0.15, 0.2) is 47.6 Å². The summed E-state index contributed by atoms with van der Waals surface area (Å²) in [6, 6.07) is 11.4. The SMILES string of the molecule is CC(=O)Nc1ccc(/C(C)=N\NC(=O)CN(c2cccc(Cl)c2Cl)S(C)(=O)=O)cc1. The number of carbonyl (C=O) groups excluding carboxylic acids is 2. The molecule has 0 aromatic heterocycles. The van der Waals surface area contributed by atoms with Crippen molar-refractivity contribution in [1.29, 1.82) is 0 Å². The van der Waals surface area contributed by atoms with Crippen LogP contribution in [0.25, 0.3) is 0 Å². The number of benzene rings is 2. The molecule has 0 aliphatic rings. The second kappa shape index (κ2) is 9.92. The van der Waals surface area contributed by atoms with Gasteiger partial charge in [-0.05, 0) is 36.8 Å². The quantitative estimate of drug-likeness (QED) is 0.477. The zero-order chi connectivity index (χ0) is 22.5. The molecule has 0 spiro atoms. The highest BCUT2D eigenvalue weighted by Gasteiger charge is 2.23. The van der Waals surface area contributed by atoms with Crippen molar-refractivity contribution in [2.24, 2.45) is 5.10 Å². The lowest BCUT2D eigenvalue weighted by Gasteiger charge is -2.22. The van der Waals surface area contributed by atoms with E-state index in [1.807, 2.05) is 0 Å². The molecule has 0 bridgehead atoms. The van der Waals surface area contributed by atoms with E-state index in [0.29, 0.717) is 17.0 Å². The zero-order valence-corrected chi connectivity index (χ0v) is 18.8. The predicted molar refractivity (Wildman–Crippen MR) is 120 cm³/mol. The first-order valence-electron chi connectivity index (χ1n) is 8.62. The highest BCUT2D eigenvalue weighted by Crippen LogP contribution is 2.33. The van der Waals surface area contributed by atoms with Gasteiger partial charge < -0.3 is 5.32 Å². The van der Waals surface area contributed by atoms with E-state index in [0.717, 1.165) is 10.6 Å². The third kappa shape index (κ3) is 6.45. The molecular weight excluding hydrogens is 451 g/mol. The topological polar surface area (TPSA) is 108 Å². The van der Waals surface area contributed by atoms with Crippen molar-refractivity contribution < 1.29 is 18.0 Å². The lowest BCUT2D eigenvalue weighted by Crippen LogP contribution is -2.39. The number of nitrogens with one attached hydrogen (secondary N) is 2. The first kappa shape index (κ1) is 23.7. The van der Waals surface area contributed by atoms with E-state index in [1.54, 1.807) is 31.2 Å². The molecule has 0 atom stereocenters. The van der Waals surface area contributed by atoms with Gasteiger partial charge in [-0.1, -0.05) is 41.4 Å². The number of halogens is 2. The number of anilines is 2. The Morgan fingerprint density at radius 2 is 1.70 bits per heavy atom. The number of sulfonamides is 1. The van der Waals surface area contributed by atoms with Crippen LogP contribution in [0.4, 0.5) is 11.4 Å². The number of carbonyl (C=O) groups is 2. The zero-order valence-electron chi connectivity index (χ0n) is 16.4. The Kier molecular flexibility index (Phi) is 7.83. The van der Waals surface area contributed by atoms with Crippen molar-refractivity contribution in [3.63, 3.8) is 0 Å². The fraction of sp³-hybridized carbons (Fsp3) is 0.211. The van der Waals surface area contributed by atoms with Crippen LogP contribution in [0.3, 0.4) is 0 Å². The van der Waals surface area contributed by atoms with Gasteiger partial charge >= 0.3 is 0 Å². The molecule has 0 saturated heterocycles. The molecule has 2 aromatic rings. The second-order valence-electron chi connectivity index (χ2n) is 6.33. The van der Waals surface area contributed by atoms with Gasteiger partial charge in [0, 0.05) is 12.6 Å². The predicted octanol–water partition coefficient (Wildman–Crippen LogP) is 3.26. The summed E-state index contributed by atoms with van der Waals surface area (Å²) in [5, 5.41) is 6.84. The molecule has 2 rings (SSSR count). The van der Waals surface area contributed by atoms with Crippen LogP contribution in [-0.2, 0) is 19.6 Å². The molecule has 2 N–H and O–H groups in total. The summed E-state index contributed by atoms with van der Waals surface area (Å²) in [5.74, 6) is -0.846. The Balaban J connectivity index is 2.13. The van der Waals surface area contributed by atoms with Crippen LogP contribution in [0, 0.1) is 0 Å².